The fourth-order valence-corrected chi connectivity index (χ4v) is 2.51. The van der Waals surface area contributed by atoms with Crippen LogP contribution in [0.1, 0.15) is 0 Å². The van der Waals surface area contributed by atoms with Crippen LogP contribution in [0.3, 0.4) is 0 Å². The maximum absolute atomic E-state index is 13.3. The molecule has 1 N–H and O–H groups in total. The molecule has 0 aliphatic carbocycles. The van der Waals surface area contributed by atoms with Crippen LogP contribution < -0.4 is 0 Å². The highest BCUT2D eigenvalue weighted by Gasteiger charge is 2.13. The summed E-state index contributed by atoms with van der Waals surface area (Å²) in [6, 6.07) is 10.5. The first-order chi connectivity index (χ1) is 9.72. The number of fused-ring (bicyclic) bond motifs is 2. The largest absolute Gasteiger partial charge is 0.352 e. The Hall–Kier alpha value is -2.69. The van der Waals surface area contributed by atoms with Crippen LogP contribution in [0.25, 0.3) is 33.3 Å². The van der Waals surface area contributed by atoms with Gasteiger partial charge in [-0.25, -0.2) is 4.39 Å². The Morgan fingerprint density at radius 3 is 2.95 bits per heavy atom. The van der Waals surface area contributed by atoms with Gasteiger partial charge in [-0.1, -0.05) is 0 Å². The summed E-state index contributed by atoms with van der Waals surface area (Å²) >= 11 is 0. The van der Waals surface area contributed by atoms with Gasteiger partial charge in [-0.15, -0.1) is 0 Å². The van der Waals surface area contributed by atoms with Crippen molar-refractivity contribution >= 4 is 21.9 Å². The van der Waals surface area contributed by atoms with Crippen LogP contribution in [0.15, 0.2) is 42.6 Å². The lowest BCUT2D eigenvalue weighted by molar-refractivity contribution is 0.628. The monoisotopic (exact) mass is 266 g/mol. The third kappa shape index (κ3) is 1.53. The maximum Gasteiger partial charge on any atom is 0.125 e. The highest BCUT2D eigenvalue weighted by Crippen LogP contribution is 2.29. The number of pyridine rings is 1. The Balaban J connectivity index is 2.02. The Bertz CT molecular complexity index is 903. The quantitative estimate of drug-likeness (QED) is 0.575. The van der Waals surface area contributed by atoms with Gasteiger partial charge in [-0.3, -0.25) is 9.67 Å². The number of aromatic amines is 1. The molecule has 0 saturated heterocycles. The molecule has 3 heterocycles. The number of benzene rings is 1. The lowest BCUT2D eigenvalue weighted by Crippen LogP contribution is -1.90. The molecule has 0 bridgehead atoms. The number of hydrogen-bond donors (Lipinski definition) is 1. The predicted octanol–water partition coefficient (Wildman–Crippen LogP) is 3.26. The van der Waals surface area contributed by atoms with Gasteiger partial charge in [0.2, 0.25) is 0 Å². The number of halogens is 1. The fourth-order valence-electron chi connectivity index (χ4n) is 2.51. The van der Waals surface area contributed by atoms with E-state index in [2.05, 4.69) is 15.1 Å². The number of nitrogens with zero attached hydrogens (tertiary/aromatic N) is 3. The molecular formula is C15H11FN4. The second-order valence-corrected chi connectivity index (χ2v) is 4.75. The molecule has 0 amide bonds. The lowest BCUT2D eigenvalue weighted by atomic mass is 10.1. The standard InChI is InChI=1S/C15H11FN4/c1-20-14-7-9(16)4-5-10(14)15(19-20)13-8-12-11(18-13)3-2-6-17-12/h2-8,18H,1H3. The number of hydrogen-bond acceptors (Lipinski definition) is 2. The second-order valence-electron chi connectivity index (χ2n) is 4.75. The molecule has 0 aliphatic rings. The first-order valence-corrected chi connectivity index (χ1v) is 6.29. The topological polar surface area (TPSA) is 46.5 Å². The molecule has 0 spiro atoms. The van der Waals surface area contributed by atoms with Gasteiger partial charge >= 0.3 is 0 Å². The minimum absolute atomic E-state index is 0.259. The molecule has 5 heteroatoms. The Morgan fingerprint density at radius 1 is 1.20 bits per heavy atom. The number of nitrogens with one attached hydrogen (secondary N) is 1. The average molecular weight is 266 g/mol. The van der Waals surface area contributed by atoms with Crippen molar-refractivity contribution in [1.82, 2.24) is 19.7 Å². The van der Waals surface area contributed by atoms with Crippen molar-refractivity contribution in [3.8, 4) is 11.4 Å². The van der Waals surface area contributed by atoms with Gasteiger partial charge < -0.3 is 4.98 Å². The molecule has 0 aliphatic heterocycles. The minimum atomic E-state index is -0.259. The molecule has 0 fully saturated rings. The molecule has 0 radical (unpaired) electrons. The van der Waals surface area contributed by atoms with Gasteiger partial charge in [-0.05, 0) is 36.4 Å². The average Bonchev–Trinajstić information content (AvgIpc) is 3.00. The van der Waals surface area contributed by atoms with Crippen LogP contribution in [-0.2, 0) is 7.05 Å². The van der Waals surface area contributed by atoms with Crippen molar-refractivity contribution in [2.45, 2.75) is 0 Å². The molecular weight excluding hydrogens is 255 g/mol. The van der Waals surface area contributed by atoms with Gasteiger partial charge in [0, 0.05) is 18.6 Å². The molecule has 1 aromatic carbocycles. The van der Waals surface area contributed by atoms with Crippen LogP contribution in [0.2, 0.25) is 0 Å². The Labute approximate surface area is 113 Å². The van der Waals surface area contributed by atoms with E-state index in [0.29, 0.717) is 0 Å². The van der Waals surface area contributed by atoms with Crippen molar-refractivity contribution in [3.63, 3.8) is 0 Å². The van der Waals surface area contributed by atoms with Crippen molar-refractivity contribution < 1.29 is 4.39 Å². The van der Waals surface area contributed by atoms with Crippen LogP contribution in [0.5, 0.6) is 0 Å². The van der Waals surface area contributed by atoms with Crippen molar-refractivity contribution in [3.05, 3.63) is 48.4 Å². The van der Waals surface area contributed by atoms with Crippen LogP contribution in [0.4, 0.5) is 4.39 Å². The van der Waals surface area contributed by atoms with E-state index in [1.807, 2.05) is 25.2 Å². The zero-order valence-corrected chi connectivity index (χ0v) is 10.8. The summed E-state index contributed by atoms with van der Waals surface area (Å²) in [5, 5.41) is 5.40. The maximum atomic E-state index is 13.3. The molecule has 4 rings (SSSR count). The van der Waals surface area contributed by atoms with Crippen LogP contribution in [0, 0.1) is 5.82 Å². The van der Waals surface area contributed by atoms with E-state index >= 15 is 0 Å². The van der Waals surface area contributed by atoms with E-state index < -0.39 is 0 Å². The normalized spacial score (nSPS) is 11.5. The molecule has 20 heavy (non-hydrogen) atoms. The zero-order valence-electron chi connectivity index (χ0n) is 10.8. The van der Waals surface area contributed by atoms with Gasteiger partial charge in [0.25, 0.3) is 0 Å². The molecule has 4 nitrogen and oxygen atoms in total. The Morgan fingerprint density at radius 2 is 2.10 bits per heavy atom. The van der Waals surface area contributed by atoms with Gasteiger partial charge in [0.1, 0.15) is 11.5 Å². The molecule has 4 aromatic rings. The summed E-state index contributed by atoms with van der Waals surface area (Å²) in [6.07, 6.45) is 1.76. The first kappa shape index (κ1) is 11.2. The number of H-pyrrole nitrogens is 1. The highest BCUT2D eigenvalue weighted by molar-refractivity contribution is 5.95. The second kappa shape index (κ2) is 3.90. The molecule has 3 aromatic heterocycles. The zero-order chi connectivity index (χ0) is 13.7. The summed E-state index contributed by atoms with van der Waals surface area (Å²) in [5.74, 6) is -0.259. The van der Waals surface area contributed by atoms with E-state index in [1.54, 1.807) is 16.9 Å². The van der Waals surface area contributed by atoms with Gasteiger partial charge in [-0.2, -0.15) is 5.10 Å². The van der Waals surface area contributed by atoms with Crippen molar-refractivity contribution in [1.29, 1.82) is 0 Å². The first-order valence-electron chi connectivity index (χ1n) is 6.29. The van der Waals surface area contributed by atoms with Gasteiger partial charge in [0.05, 0.1) is 22.2 Å². The number of aryl methyl sites for hydroxylation is 1. The molecule has 98 valence electrons. The van der Waals surface area contributed by atoms with E-state index in [-0.39, 0.29) is 5.82 Å². The number of rotatable bonds is 1. The molecule has 0 atom stereocenters. The van der Waals surface area contributed by atoms with E-state index in [9.17, 15) is 4.39 Å². The van der Waals surface area contributed by atoms with Crippen LogP contribution >= 0.6 is 0 Å². The van der Waals surface area contributed by atoms with E-state index in [0.717, 1.165) is 33.3 Å². The van der Waals surface area contributed by atoms with E-state index in [1.165, 1.54) is 12.1 Å². The van der Waals surface area contributed by atoms with Crippen LogP contribution in [-0.4, -0.2) is 19.7 Å². The lowest BCUT2D eigenvalue weighted by Gasteiger charge is -1.93. The highest BCUT2D eigenvalue weighted by atomic mass is 19.1. The van der Waals surface area contributed by atoms with Crippen molar-refractivity contribution in [2.24, 2.45) is 7.05 Å². The summed E-state index contributed by atoms with van der Waals surface area (Å²) in [4.78, 5) is 7.60. The summed E-state index contributed by atoms with van der Waals surface area (Å²) in [6.45, 7) is 0. The number of aromatic nitrogens is 4. The van der Waals surface area contributed by atoms with Gasteiger partial charge in [0.15, 0.2) is 0 Å². The fraction of sp³-hybridized carbons (Fsp3) is 0.0667. The van der Waals surface area contributed by atoms with Crippen molar-refractivity contribution in [2.75, 3.05) is 0 Å². The minimum Gasteiger partial charge on any atom is -0.352 e. The predicted molar refractivity (Wildman–Crippen MR) is 75.8 cm³/mol. The Kier molecular flexibility index (Phi) is 2.18. The SMILES string of the molecule is Cn1nc(-c2cc3ncccc3[nH]2)c2ccc(F)cc21. The third-order valence-corrected chi connectivity index (χ3v) is 3.46. The smallest absolute Gasteiger partial charge is 0.125 e. The third-order valence-electron chi connectivity index (χ3n) is 3.46. The summed E-state index contributed by atoms with van der Waals surface area (Å²) in [7, 11) is 1.81. The molecule has 0 unspecified atom stereocenters. The summed E-state index contributed by atoms with van der Waals surface area (Å²) in [5.41, 5.74) is 4.31. The van der Waals surface area contributed by atoms with E-state index in [4.69, 9.17) is 0 Å². The molecule has 0 saturated carbocycles. The summed E-state index contributed by atoms with van der Waals surface area (Å²) < 4.78 is 15.0.